The first-order chi connectivity index (χ1) is 15.7. The van der Waals surface area contributed by atoms with Crippen molar-refractivity contribution < 1.29 is 9.47 Å². The van der Waals surface area contributed by atoms with Crippen LogP contribution in [0.4, 0.5) is 0 Å². The van der Waals surface area contributed by atoms with Crippen molar-refractivity contribution in [2.75, 3.05) is 0 Å². The fraction of sp³-hybridized carbons (Fsp3) is 0.600. The van der Waals surface area contributed by atoms with Crippen molar-refractivity contribution in [2.45, 2.75) is 116 Å². The number of halogens is 2. The largest absolute Gasteiger partial charge is 0.472 e. The fourth-order valence-corrected chi connectivity index (χ4v) is 5.52. The van der Waals surface area contributed by atoms with Gasteiger partial charge in [0.25, 0.3) is 0 Å². The van der Waals surface area contributed by atoms with E-state index in [9.17, 15) is 0 Å². The Morgan fingerprint density at radius 2 is 0.771 bits per heavy atom. The van der Waals surface area contributed by atoms with Gasteiger partial charge >= 0.3 is 15.2 Å². The van der Waals surface area contributed by atoms with Gasteiger partial charge in [-0.2, -0.15) is 0 Å². The van der Waals surface area contributed by atoms with E-state index in [-0.39, 0.29) is 42.0 Å². The zero-order chi connectivity index (χ0) is 27.1. The molecule has 1 radical (unpaired) electrons. The molecule has 0 aliphatic heterocycles. The van der Waals surface area contributed by atoms with E-state index in [1.165, 1.54) is 22.3 Å². The lowest BCUT2D eigenvalue weighted by atomic mass is 9.79. The molecule has 0 aliphatic rings. The molecule has 0 aromatic heterocycles. The van der Waals surface area contributed by atoms with Gasteiger partial charge in [-0.1, -0.05) is 115 Å². The summed E-state index contributed by atoms with van der Waals surface area (Å²) in [5.74, 6) is 4.13. The molecule has 0 saturated carbocycles. The van der Waals surface area contributed by atoms with Gasteiger partial charge in [0.1, 0.15) is 11.5 Å². The van der Waals surface area contributed by atoms with Crippen molar-refractivity contribution in [2.24, 2.45) is 0 Å². The second-order valence-electron chi connectivity index (χ2n) is 13.6. The van der Waals surface area contributed by atoms with Gasteiger partial charge in [-0.25, -0.2) is 0 Å². The molecule has 5 heteroatoms. The van der Waals surface area contributed by atoms with Crippen molar-refractivity contribution in [3.63, 3.8) is 0 Å². The van der Waals surface area contributed by atoms with Crippen LogP contribution in [0, 0.1) is 0 Å². The van der Waals surface area contributed by atoms with Gasteiger partial charge < -0.3 is 9.47 Å². The zero-order valence-corrected chi connectivity index (χ0v) is 28.4. The second kappa shape index (κ2) is 10.7. The third kappa shape index (κ3) is 7.76. The zero-order valence-electron chi connectivity index (χ0n) is 24.0. The molecule has 0 fully saturated rings. The summed E-state index contributed by atoms with van der Waals surface area (Å²) in [5, 5.41) is -0.332. The van der Waals surface area contributed by atoms with E-state index in [0.29, 0.717) is 0 Å². The first kappa shape index (κ1) is 30.8. The molecule has 0 aliphatic carbocycles. The van der Waals surface area contributed by atoms with E-state index >= 15 is 0 Å². The van der Waals surface area contributed by atoms with Crippen LogP contribution < -0.4 is 9.47 Å². The van der Waals surface area contributed by atoms with Gasteiger partial charge in [0.2, 0.25) is 0 Å². The minimum absolute atomic E-state index is 0.0719. The molecule has 2 nitrogen and oxygen atoms in total. The van der Waals surface area contributed by atoms with E-state index in [2.05, 4.69) is 145 Å². The molecule has 2 aromatic rings. The summed E-state index contributed by atoms with van der Waals surface area (Å²) in [6.45, 7) is 26.9. The average Bonchev–Trinajstić information content (AvgIpc) is 2.65. The molecule has 0 N–H and O–H groups in total. The molecule has 0 amide bonds. The third-order valence-electron chi connectivity index (χ3n) is 6.08. The van der Waals surface area contributed by atoms with E-state index < -0.39 is 0 Å². The smallest absolute Gasteiger partial charge is 0.335 e. The number of hydrogen-bond donors (Lipinski definition) is 0. The average molecular weight is 623 g/mol. The molecule has 0 bridgehead atoms. The van der Waals surface area contributed by atoms with Gasteiger partial charge in [-0.15, -0.1) is 5.79 Å². The quantitative estimate of drug-likeness (QED) is 0.244. The van der Waals surface area contributed by atoms with Crippen LogP contribution in [0.5, 0.6) is 11.5 Å². The van der Waals surface area contributed by atoms with Crippen LogP contribution in [0.3, 0.4) is 0 Å². The van der Waals surface area contributed by atoms with Gasteiger partial charge in [-0.05, 0) is 45.9 Å². The van der Waals surface area contributed by atoms with E-state index in [0.717, 1.165) is 20.4 Å². The molecule has 0 heterocycles. The Hall–Kier alpha value is -0.468. The summed E-state index contributed by atoms with van der Waals surface area (Å²) >= 11 is 7.39. The number of hydrogen-bond acceptors (Lipinski definition) is 2. The highest BCUT2D eigenvalue weighted by atomic mass is 79.9. The Kier molecular flexibility index (Phi) is 9.42. The van der Waals surface area contributed by atoms with Crippen molar-refractivity contribution in [3.05, 3.63) is 55.5 Å². The maximum Gasteiger partial charge on any atom is 0.335 e. The van der Waals surface area contributed by atoms with Crippen molar-refractivity contribution in [1.82, 2.24) is 0 Å². The minimum Gasteiger partial charge on any atom is -0.472 e. The summed E-state index contributed by atoms with van der Waals surface area (Å²) < 4.78 is 15.9. The van der Waals surface area contributed by atoms with Crippen molar-refractivity contribution >= 4 is 47.1 Å². The number of benzene rings is 2. The highest BCUT2D eigenvalue weighted by Gasteiger charge is 2.32. The third-order valence-corrected chi connectivity index (χ3v) is 7.81. The summed E-state index contributed by atoms with van der Waals surface area (Å²) in [6.07, 6.45) is 0. The Morgan fingerprint density at radius 1 is 0.543 bits per heavy atom. The Labute approximate surface area is 237 Å². The van der Waals surface area contributed by atoms with Gasteiger partial charge in [0.15, 0.2) is 5.15 Å². The van der Waals surface area contributed by atoms with Crippen LogP contribution in [0.15, 0.2) is 33.2 Å². The van der Waals surface area contributed by atoms with E-state index in [1.807, 2.05) is 0 Å². The first-order valence-electron chi connectivity index (χ1n) is 12.5. The Bertz CT molecular complexity index is 894. The van der Waals surface area contributed by atoms with Crippen molar-refractivity contribution in [1.29, 1.82) is 0 Å². The number of rotatable bonds is 5. The summed E-state index contributed by atoms with van der Waals surface area (Å²) in [7, 11) is 0. The maximum absolute atomic E-state index is 6.89. The van der Waals surface area contributed by atoms with Crippen molar-refractivity contribution in [3.8, 4) is 11.5 Å². The van der Waals surface area contributed by atoms with Crippen LogP contribution in [-0.2, 0) is 21.7 Å². The molecule has 0 unspecified atom stereocenters. The predicted octanol–water partition coefficient (Wildman–Crippen LogP) is 9.90. The van der Waals surface area contributed by atoms with Crippen LogP contribution in [-0.4, -0.2) is 20.4 Å². The van der Waals surface area contributed by atoms with Crippen LogP contribution in [0.2, 0.25) is 5.79 Å². The topological polar surface area (TPSA) is 18.5 Å². The molecule has 0 saturated heterocycles. The van der Waals surface area contributed by atoms with E-state index in [1.54, 1.807) is 0 Å². The standard InChI is InChI=1S/C29H41Br2O2.CH3.Al/c1-26(2,3)20-13-18(30)14-21(27(4,5)6)24(20)32-17-33-25-22(28(7,8)9)15-19(31)16-23(25)29(10,11)12;;/h13-17H,1-12H3;1H3;. The van der Waals surface area contributed by atoms with Crippen LogP contribution in [0.1, 0.15) is 105 Å². The molecule has 0 spiro atoms. The molecule has 193 valence electrons. The Balaban J connectivity index is 2.72. The minimum atomic E-state index is -0.332. The Morgan fingerprint density at radius 3 is 0.943 bits per heavy atom. The lowest BCUT2D eigenvalue weighted by Crippen LogP contribution is -2.34. The van der Waals surface area contributed by atoms with E-state index in [4.69, 9.17) is 9.47 Å². The molecular weight excluding hydrogens is 579 g/mol. The number of ether oxygens (including phenoxy) is 2. The van der Waals surface area contributed by atoms with Crippen LogP contribution in [0.25, 0.3) is 0 Å². The highest BCUT2D eigenvalue weighted by molar-refractivity contribution is 9.10. The molecule has 0 atom stereocenters. The molecule has 35 heavy (non-hydrogen) atoms. The lowest BCUT2D eigenvalue weighted by Gasteiger charge is -2.35. The molecule has 2 aromatic carbocycles. The maximum atomic E-state index is 6.89. The highest BCUT2D eigenvalue weighted by Crippen LogP contribution is 2.45. The summed E-state index contributed by atoms with van der Waals surface area (Å²) in [6, 6.07) is 8.81. The second-order valence-corrected chi connectivity index (χ2v) is 16.6. The predicted molar refractivity (Wildman–Crippen MR) is 160 cm³/mol. The molecular formula is C30H44AlBr2O2. The van der Waals surface area contributed by atoms with Gasteiger partial charge in [-0.3, -0.25) is 0 Å². The van der Waals surface area contributed by atoms with Gasteiger partial charge in [0.05, 0.1) is 0 Å². The van der Waals surface area contributed by atoms with Gasteiger partial charge in [0, 0.05) is 31.2 Å². The lowest BCUT2D eigenvalue weighted by molar-refractivity contribution is 0.0668. The normalized spacial score (nSPS) is 13.3. The fourth-order valence-electron chi connectivity index (χ4n) is 4.06. The van der Waals surface area contributed by atoms with Crippen LogP contribution >= 0.6 is 31.9 Å². The monoisotopic (exact) mass is 621 g/mol. The summed E-state index contributed by atoms with van der Waals surface area (Å²) in [5.41, 5.74) is 4.49. The first-order valence-corrected chi connectivity index (χ1v) is 15.9. The SMILES string of the molecule is [CH3][Al][CH](Oc1c(C(C)(C)C)cc(Br)cc1C(C)(C)C)Oc1c(C(C)(C)C)cc(Br)cc1C(C)(C)C. The summed E-state index contributed by atoms with van der Waals surface area (Å²) in [4.78, 5) is 0. The molecule has 2 rings (SSSR count).